The van der Waals surface area contributed by atoms with Gasteiger partial charge in [0.15, 0.2) is 0 Å². The molecule has 0 bridgehead atoms. The summed E-state index contributed by atoms with van der Waals surface area (Å²) in [4.78, 5) is 0. The fraction of sp³-hybridized carbons (Fsp3) is 0.200. The van der Waals surface area contributed by atoms with Crippen LogP contribution < -0.4 is 0 Å². The molecule has 1 aromatic carbocycles. The molecule has 13 heavy (non-hydrogen) atoms. The van der Waals surface area contributed by atoms with E-state index >= 15 is 0 Å². The second-order valence-corrected chi connectivity index (χ2v) is 3.83. The predicted molar refractivity (Wildman–Crippen MR) is 56.4 cm³/mol. The Morgan fingerprint density at radius 2 is 2.31 bits per heavy atom. The quantitative estimate of drug-likeness (QED) is 0.549. The van der Waals surface area contributed by atoms with E-state index in [2.05, 4.69) is 5.92 Å². The summed E-state index contributed by atoms with van der Waals surface area (Å²) in [7, 11) is 0. The third-order valence-electron chi connectivity index (χ3n) is 1.45. The molecule has 68 valence electrons. The first-order valence-electron chi connectivity index (χ1n) is 3.69. The Bertz CT molecular complexity index is 330. The molecule has 0 aliphatic carbocycles. The van der Waals surface area contributed by atoms with E-state index in [0.717, 1.165) is 5.56 Å². The van der Waals surface area contributed by atoms with Gasteiger partial charge in [-0.2, -0.15) is 0 Å². The van der Waals surface area contributed by atoms with E-state index in [1.54, 1.807) is 17.8 Å². The Kier molecular flexibility index (Phi) is 4.14. The average molecular weight is 215 g/mol. The summed E-state index contributed by atoms with van der Waals surface area (Å²) in [5, 5.41) is 0.589. The highest BCUT2D eigenvalue weighted by Gasteiger charge is 2.01. The molecule has 0 radical (unpaired) electrons. The summed E-state index contributed by atoms with van der Waals surface area (Å²) < 4.78 is 12.7. The Morgan fingerprint density at radius 1 is 1.54 bits per heavy atom. The van der Waals surface area contributed by atoms with Crippen LogP contribution in [0.5, 0.6) is 0 Å². The predicted octanol–water partition coefficient (Wildman–Crippen LogP) is 3.35. The highest BCUT2D eigenvalue weighted by molar-refractivity contribution is 7.98. The molecule has 0 aromatic heterocycles. The monoisotopic (exact) mass is 214 g/mol. The van der Waals surface area contributed by atoms with Crippen LogP contribution >= 0.6 is 23.4 Å². The van der Waals surface area contributed by atoms with Gasteiger partial charge in [0, 0.05) is 10.8 Å². The highest BCUT2D eigenvalue weighted by Crippen LogP contribution is 2.21. The molecule has 0 fully saturated rings. The molecule has 0 aliphatic rings. The summed E-state index contributed by atoms with van der Waals surface area (Å²) in [5.41, 5.74) is 0.793. The van der Waals surface area contributed by atoms with Crippen molar-refractivity contribution in [3.05, 3.63) is 34.6 Å². The van der Waals surface area contributed by atoms with E-state index < -0.39 is 0 Å². The minimum absolute atomic E-state index is 0.263. The van der Waals surface area contributed by atoms with Gasteiger partial charge in [-0.15, -0.1) is 18.2 Å². The number of thioether (sulfide) groups is 1. The van der Waals surface area contributed by atoms with Crippen LogP contribution in [0.2, 0.25) is 5.02 Å². The van der Waals surface area contributed by atoms with Gasteiger partial charge < -0.3 is 0 Å². The lowest BCUT2D eigenvalue weighted by Gasteiger charge is -2.01. The van der Waals surface area contributed by atoms with Crippen molar-refractivity contribution in [1.29, 1.82) is 0 Å². The lowest BCUT2D eigenvalue weighted by atomic mass is 10.2. The molecule has 1 rings (SSSR count). The molecule has 0 atom stereocenters. The minimum Gasteiger partial charge on any atom is -0.207 e. The smallest absolute Gasteiger partial charge is 0.123 e. The highest BCUT2D eigenvalue weighted by atomic mass is 35.5. The van der Waals surface area contributed by atoms with Crippen LogP contribution in [0.3, 0.4) is 0 Å². The summed E-state index contributed by atoms with van der Waals surface area (Å²) in [6.07, 6.45) is 5.08. The lowest BCUT2D eigenvalue weighted by molar-refractivity contribution is 0.626. The van der Waals surface area contributed by atoms with Gasteiger partial charge in [0.05, 0.1) is 5.75 Å². The molecule has 0 nitrogen and oxygen atoms in total. The van der Waals surface area contributed by atoms with E-state index in [1.807, 2.05) is 0 Å². The summed E-state index contributed by atoms with van der Waals surface area (Å²) in [5.74, 6) is 3.51. The van der Waals surface area contributed by atoms with Gasteiger partial charge in [0.1, 0.15) is 5.82 Å². The summed E-state index contributed by atoms with van der Waals surface area (Å²) in [6, 6.07) is 4.34. The van der Waals surface area contributed by atoms with Crippen LogP contribution in [0.4, 0.5) is 4.39 Å². The molecule has 0 amide bonds. The average Bonchev–Trinajstić information content (AvgIpc) is 2.11. The van der Waals surface area contributed by atoms with Crippen molar-refractivity contribution in [3.63, 3.8) is 0 Å². The first kappa shape index (κ1) is 10.4. The number of benzene rings is 1. The second-order valence-electron chi connectivity index (χ2n) is 2.43. The second kappa shape index (κ2) is 5.16. The maximum atomic E-state index is 12.7. The Morgan fingerprint density at radius 3 is 3.00 bits per heavy atom. The first-order chi connectivity index (χ1) is 6.24. The molecular formula is C10H8ClFS. The van der Waals surface area contributed by atoms with E-state index in [0.29, 0.717) is 16.5 Å². The van der Waals surface area contributed by atoms with E-state index in [9.17, 15) is 4.39 Å². The topological polar surface area (TPSA) is 0 Å². The van der Waals surface area contributed by atoms with E-state index in [4.69, 9.17) is 18.0 Å². The minimum atomic E-state index is -0.263. The maximum Gasteiger partial charge on any atom is 0.123 e. The molecule has 0 unspecified atom stereocenters. The Labute approximate surface area is 86.5 Å². The van der Waals surface area contributed by atoms with Crippen LogP contribution in [0.15, 0.2) is 18.2 Å². The van der Waals surface area contributed by atoms with Gasteiger partial charge in [0.25, 0.3) is 0 Å². The van der Waals surface area contributed by atoms with Gasteiger partial charge in [-0.1, -0.05) is 17.5 Å². The van der Waals surface area contributed by atoms with Gasteiger partial charge in [-0.25, -0.2) is 4.39 Å². The maximum absolute atomic E-state index is 12.7. The van der Waals surface area contributed by atoms with Gasteiger partial charge >= 0.3 is 0 Å². The van der Waals surface area contributed by atoms with Crippen molar-refractivity contribution in [1.82, 2.24) is 0 Å². The van der Waals surface area contributed by atoms with Crippen molar-refractivity contribution in [2.45, 2.75) is 5.75 Å². The van der Waals surface area contributed by atoms with Gasteiger partial charge in [-0.05, 0) is 23.8 Å². The Hall–Kier alpha value is -0.650. The van der Waals surface area contributed by atoms with Crippen molar-refractivity contribution in [2.24, 2.45) is 0 Å². The first-order valence-corrected chi connectivity index (χ1v) is 5.22. The van der Waals surface area contributed by atoms with Crippen molar-refractivity contribution >= 4 is 23.4 Å². The fourth-order valence-electron chi connectivity index (χ4n) is 0.874. The number of rotatable bonds is 3. The molecule has 0 aliphatic heterocycles. The largest absolute Gasteiger partial charge is 0.207 e. The molecular weight excluding hydrogens is 207 g/mol. The lowest BCUT2D eigenvalue weighted by Crippen LogP contribution is -1.85. The summed E-state index contributed by atoms with van der Waals surface area (Å²) >= 11 is 7.39. The van der Waals surface area contributed by atoms with Crippen LogP contribution in [0.1, 0.15) is 5.56 Å². The zero-order valence-electron chi connectivity index (χ0n) is 6.89. The van der Waals surface area contributed by atoms with Crippen LogP contribution in [-0.2, 0) is 5.75 Å². The molecule has 0 N–H and O–H groups in total. The van der Waals surface area contributed by atoms with Crippen molar-refractivity contribution in [3.8, 4) is 12.3 Å². The normalized spacial score (nSPS) is 9.62. The van der Waals surface area contributed by atoms with Gasteiger partial charge in [0.2, 0.25) is 0 Å². The zero-order chi connectivity index (χ0) is 9.68. The third kappa shape index (κ3) is 3.30. The van der Waals surface area contributed by atoms with Crippen molar-refractivity contribution in [2.75, 3.05) is 5.75 Å². The fourth-order valence-corrected chi connectivity index (χ4v) is 1.82. The molecule has 1 aromatic rings. The molecule has 3 heteroatoms. The zero-order valence-corrected chi connectivity index (χ0v) is 8.46. The van der Waals surface area contributed by atoms with E-state index in [-0.39, 0.29) is 5.82 Å². The number of hydrogen-bond acceptors (Lipinski definition) is 1. The molecule has 0 saturated heterocycles. The van der Waals surface area contributed by atoms with Crippen molar-refractivity contribution < 1.29 is 4.39 Å². The van der Waals surface area contributed by atoms with Crippen LogP contribution in [0.25, 0.3) is 0 Å². The van der Waals surface area contributed by atoms with Crippen LogP contribution in [0, 0.1) is 18.2 Å². The SMILES string of the molecule is C#CCSCc1cc(F)ccc1Cl. The summed E-state index contributed by atoms with van der Waals surface area (Å²) in [6.45, 7) is 0. The third-order valence-corrected chi connectivity index (χ3v) is 2.71. The molecule has 0 heterocycles. The number of terminal acetylenes is 1. The molecule has 0 saturated carbocycles. The van der Waals surface area contributed by atoms with E-state index in [1.165, 1.54) is 12.1 Å². The standard InChI is InChI=1S/C10H8ClFS/c1-2-5-13-7-8-6-9(12)3-4-10(8)11/h1,3-4,6H,5,7H2. The number of halogens is 2. The van der Waals surface area contributed by atoms with Crippen LogP contribution in [-0.4, -0.2) is 5.75 Å². The number of hydrogen-bond donors (Lipinski definition) is 0. The molecule has 0 spiro atoms. The van der Waals surface area contributed by atoms with Gasteiger partial charge in [-0.3, -0.25) is 0 Å². The Balaban J connectivity index is 2.65.